The zero-order valence-electron chi connectivity index (χ0n) is 10.0. The number of hydrogen-bond donors (Lipinski definition) is 2. The van der Waals surface area contributed by atoms with Gasteiger partial charge in [0.2, 0.25) is 0 Å². The Morgan fingerprint density at radius 1 is 1.24 bits per heavy atom. The molecule has 3 atom stereocenters. The summed E-state index contributed by atoms with van der Waals surface area (Å²) in [6.45, 7) is 3.62. The van der Waals surface area contributed by atoms with Crippen molar-refractivity contribution in [2.75, 3.05) is 0 Å². The Balaban J connectivity index is 2.86. The molecular formula is C13H18Cl2O2. The fraction of sp³-hybridized carbons (Fsp3) is 0.538. The van der Waals surface area contributed by atoms with E-state index in [0.717, 1.165) is 12.0 Å². The van der Waals surface area contributed by atoms with Gasteiger partial charge in [0.25, 0.3) is 0 Å². The van der Waals surface area contributed by atoms with Gasteiger partial charge in [0.05, 0.1) is 12.2 Å². The third kappa shape index (κ3) is 4.14. The van der Waals surface area contributed by atoms with Crippen LogP contribution in [-0.4, -0.2) is 22.4 Å². The predicted octanol–water partition coefficient (Wildman–Crippen LogP) is 3.62. The molecule has 0 heterocycles. The minimum Gasteiger partial charge on any atom is -0.391 e. The van der Waals surface area contributed by atoms with Crippen LogP contribution in [0.4, 0.5) is 0 Å². The van der Waals surface area contributed by atoms with Crippen LogP contribution in [0.3, 0.4) is 0 Å². The van der Waals surface area contributed by atoms with Crippen molar-refractivity contribution in [2.45, 2.75) is 44.8 Å². The van der Waals surface area contributed by atoms with Gasteiger partial charge >= 0.3 is 0 Å². The summed E-state index contributed by atoms with van der Waals surface area (Å²) in [5, 5.41) is 20.3. The molecule has 0 spiro atoms. The molecule has 3 unspecified atom stereocenters. The molecule has 0 fully saturated rings. The van der Waals surface area contributed by atoms with Crippen molar-refractivity contribution < 1.29 is 10.2 Å². The van der Waals surface area contributed by atoms with Gasteiger partial charge in [-0.3, -0.25) is 0 Å². The normalized spacial score (nSPS) is 16.6. The monoisotopic (exact) mass is 276 g/mol. The molecule has 0 aromatic heterocycles. The highest BCUT2D eigenvalue weighted by molar-refractivity contribution is 6.35. The lowest BCUT2D eigenvalue weighted by Gasteiger charge is -2.22. The SMILES string of the molecule is CCC(CC(O)C(C)O)c1ccc(Cl)cc1Cl. The Morgan fingerprint density at radius 2 is 1.88 bits per heavy atom. The Morgan fingerprint density at radius 3 is 2.35 bits per heavy atom. The van der Waals surface area contributed by atoms with Gasteiger partial charge in [0.15, 0.2) is 0 Å². The largest absolute Gasteiger partial charge is 0.391 e. The lowest BCUT2D eigenvalue weighted by molar-refractivity contribution is 0.0215. The van der Waals surface area contributed by atoms with Crippen molar-refractivity contribution in [3.63, 3.8) is 0 Å². The van der Waals surface area contributed by atoms with Crippen LogP contribution in [0.5, 0.6) is 0 Å². The van der Waals surface area contributed by atoms with Crippen LogP contribution in [0.25, 0.3) is 0 Å². The minimum absolute atomic E-state index is 0.129. The first-order chi connectivity index (χ1) is 7.95. The third-order valence-corrected chi connectivity index (χ3v) is 3.54. The van der Waals surface area contributed by atoms with Gasteiger partial charge in [-0.25, -0.2) is 0 Å². The molecule has 0 aliphatic carbocycles. The lowest BCUT2D eigenvalue weighted by atomic mass is 9.89. The van der Waals surface area contributed by atoms with E-state index < -0.39 is 12.2 Å². The zero-order valence-corrected chi connectivity index (χ0v) is 11.5. The van der Waals surface area contributed by atoms with Crippen molar-refractivity contribution in [1.82, 2.24) is 0 Å². The van der Waals surface area contributed by atoms with E-state index >= 15 is 0 Å². The molecule has 2 N–H and O–H groups in total. The molecule has 0 radical (unpaired) electrons. The van der Waals surface area contributed by atoms with E-state index in [1.54, 1.807) is 19.1 Å². The molecule has 17 heavy (non-hydrogen) atoms. The highest BCUT2D eigenvalue weighted by atomic mass is 35.5. The second-order valence-corrected chi connectivity index (χ2v) is 5.16. The molecular weight excluding hydrogens is 259 g/mol. The summed E-state index contributed by atoms with van der Waals surface area (Å²) in [6.07, 6.45) is -0.109. The molecule has 0 amide bonds. The molecule has 2 nitrogen and oxygen atoms in total. The fourth-order valence-corrected chi connectivity index (χ4v) is 2.40. The maximum Gasteiger partial charge on any atom is 0.0802 e. The van der Waals surface area contributed by atoms with Crippen LogP contribution >= 0.6 is 23.2 Å². The van der Waals surface area contributed by atoms with Crippen LogP contribution < -0.4 is 0 Å². The van der Waals surface area contributed by atoms with Crippen molar-refractivity contribution in [3.8, 4) is 0 Å². The molecule has 0 saturated carbocycles. The summed E-state index contributed by atoms with van der Waals surface area (Å²) in [6, 6.07) is 5.38. The average Bonchev–Trinajstić information content (AvgIpc) is 2.26. The molecule has 0 bridgehead atoms. The summed E-state index contributed by atoms with van der Waals surface area (Å²) in [7, 11) is 0. The second kappa shape index (κ2) is 6.60. The molecule has 0 aliphatic rings. The fourth-order valence-electron chi connectivity index (χ4n) is 1.83. The quantitative estimate of drug-likeness (QED) is 0.863. The van der Waals surface area contributed by atoms with E-state index in [-0.39, 0.29) is 5.92 Å². The highest BCUT2D eigenvalue weighted by Crippen LogP contribution is 2.32. The van der Waals surface area contributed by atoms with Gasteiger partial charge < -0.3 is 10.2 Å². The van der Waals surface area contributed by atoms with E-state index in [4.69, 9.17) is 23.2 Å². The van der Waals surface area contributed by atoms with Crippen LogP contribution in [-0.2, 0) is 0 Å². The number of halogens is 2. The van der Waals surface area contributed by atoms with Gasteiger partial charge in [-0.2, -0.15) is 0 Å². The molecule has 1 aromatic rings. The van der Waals surface area contributed by atoms with Crippen molar-refractivity contribution >= 4 is 23.2 Å². The van der Waals surface area contributed by atoms with Crippen LogP contribution in [0.2, 0.25) is 10.0 Å². The van der Waals surface area contributed by atoms with Crippen LogP contribution in [0.1, 0.15) is 38.2 Å². The molecule has 1 aromatic carbocycles. The lowest BCUT2D eigenvalue weighted by Crippen LogP contribution is -2.24. The van der Waals surface area contributed by atoms with Gasteiger partial charge in [-0.15, -0.1) is 0 Å². The van der Waals surface area contributed by atoms with E-state index in [1.807, 2.05) is 13.0 Å². The van der Waals surface area contributed by atoms with Gasteiger partial charge in [0, 0.05) is 10.0 Å². The molecule has 4 heteroatoms. The first kappa shape index (κ1) is 14.8. The Bertz CT molecular complexity index is 366. The Labute approximate surface area is 112 Å². The summed E-state index contributed by atoms with van der Waals surface area (Å²) < 4.78 is 0. The average molecular weight is 277 g/mol. The van der Waals surface area contributed by atoms with E-state index in [2.05, 4.69) is 0 Å². The molecule has 0 saturated heterocycles. The summed E-state index contributed by atoms with van der Waals surface area (Å²) in [4.78, 5) is 0. The maximum absolute atomic E-state index is 9.72. The first-order valence-electron chi connectivity index (χ1n) is 5.76. The third-order valence-electron chi connectivity index (χ3n) is 2.98. The molecule has 96 valence electrons. The number of aliphatic hydroxyl groups excluding tert-OH is 2. The summed E-state index contributed by atoms with van der Waals surface area (Å²) >= 11 is 12.0. The van der Waals surface area contributed by atoms with Crippen LogP contribution in [0.15, 0.2) is 18.2 Å². The second-order valence-electron chi connectivity index (χ2n) is 4.31. The zero-order chi connectivity index (χ0) is 13.0. The Hall–Kier alpha value is -0.280. The predicted molar refractivity (Wildman–Crippen MR) is 71.8 cm³/mol. The van der Waals surface area contributed by atoms with Crippen molar-refractivity contribution in [2.24, 2.45) is 0 Å². The smallest absolute Gasteiger partial charge is 0.0802 e. The number of hydrogen-bond acceptors (Lipinski definition) is 2. The first-order valence-corrected chi connectivity index (χ1v) is 6.52. The van der Waals surface area contributed by atoms with E-state index in [9.17, 15) is 10.2 Å². The standard InChI is InChI=1S/C13H18Cl2O2/c1-3-9(6-13(17)8(2)16)11-5-4-10(14)7-12(11)15/h4-5,7-9,13,16-17H,3,6H2,1-2H3. The van der Waals surface area contributed by atoms with Gasteiger partial charge in [-0.05, 0) is 43.4 Å². The highest BCUT2D eigenvalue weighted by Gasteiger charge is 2.20. The summed E-state index contributed by atoms with van der Waals surface area (Å²) in [5.41, 5.74) is 0.971. The Kier molecular flexibility index (Phi) is 5.74. The molecule has 0 aliphatic heterocycles. The number of benzene rings is 1. The van der Waals surface area contributed by atoms with Crippen molar-refractivity contribution in [3.05, 3.63) is 33.8 Å². The number of rotatable bonds is 5. The topological polar surface area (TPSA) is 40.5 Å². The summed E-state index contributed by atoms with van der Waals surface area (Å²) in [5.74, 6) is 0.129. The maximum atomic E-state index is 9.72. The number of aliphatic hydroxyl groups is 2. The van der Waals surface area contributed by atoms with E-state index in [1.165, 1.54) is 0 Å². The minimum atomic E-state index is -0.730. The van der Waals surface area contributed by atoms with E-state index in [0.29, 0.717) is 16.5 Å². The van der Waals surface area contributed by atoms with Crippen molar-refractivity contribution in [1.29, 1.82) is 0 Å². The van der Waals surface area contributed by atoms with Gasteiger partial charge in [-0.1, -0.05) is 36.2 Å². The molecule has 1 rings (SSSR count). The van der Waals surface area contributed by atoms with Gasteiger partial charge in [0.1, 0.15) is 0 Å². The van der Waals surface area contributed by atoms with Crippen LogP contribution in [0, 0.1) is 0 Å².